The minimum atomic E-state index is -0.196. The van der Waals surface area contributed by atoms with Crippen LogP contribution in [0.2, 0.25) is 0 Å². The summed E-state index contributed by atoms with van der Waals surface area (Å²) in [4.78, 5) is 16.5. The molecule has 0 atom stereocenters. The normalized spacial score (nSPS) is 10.4. The molecule has 3 aromatic rings. The van der Waals surface area contributed by atoms with E-state index < -0.39 is 0 Å². The summed E-state index contributed by atoms with van der Waals surface area (Å²) in [5.41, 5.74) is 1.50. The predicted molar refractivity (Wildman–Crippen MR) is 87.4 cm³/mol. The third-order valence-corrected chi connectivity index (χ3v) is 3.35. The number of aromatic nitrogens is 2. The number of para-hydroxylation sites is 1. The summed E-state index contributed by atoms with van der Waals surface area (Å²) in [5, 5.41) is 6.66. The van der Waals surface area contributed by atoms with Gasteiger partial charge in [0.2, 0.25) is 11.7 Å². The first-order valence-corrected chi connectivity index (χ1v) is 7.55. The minimum Gasteiger partial charge on any atom is -0.485 e. The first kappa shape index (κ1) is 15.7. The van der Waals surface area contributed by atoms with Gasteiger partial charge in [-0.3, -0.25) is 4.79 Å². The second kappa shape index (κ2) is 7.41. The third kappa shape index (κ3) is 3.98. The molecule has 1 heterocycles. The van der Waals surface area contributed by atoms with Crippen LogP contribution < -0.4 is 10.1 Å². The molecule has 0 aliphatic heterocycles. The lowest BCUT2D eigenvalue weighted by atomic mass is 10.1. The van der Waals surface area contributed by atoms with Crippen LogP contribution in [0.25, 0.3) is 0 Å². The lowest BCUT2D eigenvalue weighted by molar-refractivity contribution is 0.0946. The highest BCUT2D eigenvalue weighted by Gasteiger charge is 2.13. The Morgan fingerprint density at radius 2 is 1.88 bits per heavy atom. The van der Waals surface area contributed by atoms with Crippen LogP contribution in [0.4, 0.5) is 0 Å². The van der Waals surface area contributed by atoms with Crippen molar-refractivity contribution in [3.05, 3.63) is 77.4 Å². The van der Waals surface area contributed by atoms with Crippen LogP contribution in [0.5, 0.6) is 5.75 Å². The number of nitrogens with one attached hydrogen (secondary N) is 1. The molecule has 0 saturated carbocycles. The van der Waals surface area contributed by atoms with E-state index in [1.165, 1.54) is 0 Å². The van der Waals surface area contributed by atoms with Gasteiger partial charge in [-0.15, -0.1) is 0 Å². The van der Waals surface area contributed by atoms with Crippen molar-refractivity contribution in [3.63, 3.8) is 0 Å². The summed E-state index contributed by atoms with van der Waals surface area (Å²) >= 11 is 0. The van der Waals surface area contributed by atoms with E-state index in [1.54, 1.807) is 25.1 Å². The number of benzene rings is 2. The molecule has 0 fully saturated rings. The summed E-state index contributed by atoms with van der Waals surface area (Å²) in [7, 11) is 0. The molecule has 6 heteroatoms. The number of amides is 1. The first-order valence-electron chi connectivity index (χ1n) is 7.55. The van der Waals surface area contributed by atoms with Crippen molar-refractivity contribution in [1.29, 1.82) is 0 Å². The maximum atomic E-state index is 12.4. The molecule has 0 aliphatic rings. The van der Waals surface area contributed by atoms with E-state index in [1.807, 2.05) is 36.4 Å². The molecule has 1 aromatic heterocycles. The van der Waals surface area contributed by atoms with Gasteiger partial charge >= 0.3 is 0 Å². The van der Waals surface area contributed by atoms with Gasteiger partial charge in [0.25, 0.3) is 5.91 Å². The zero-order chi connectivity index (χ0) is 16.8. The van der Waals surface area contributed by atoms with Crippen LogP contribution in [0, 0.1) is 6.92 Å². The average molecular weight is 323 g/mol. The van der Waals surface area contributed by atoms with E-state index in [0.717, 1.165) is 5.56 Å². The monoisotopic (exact) mass is 323 g/mol. The van der Waals surface area contributed by atoms with Gasteiger partial charge < -0.3 is 14.6 Å². The smallest absolute Gasteiger partial charge is 0.255 e. The summed E-state index contributed by atoms with van der Waals surface area (Å²) in [6, 6.07) is 16.8. The molecule has 0 bridgehead atoms. The number of hydrogen-bond acceptors (Lipinski definition) is 5. The van der Waals surface area contributed by atoms with E-state index in [2.05, 4.69) is 15.5 Å². The Bertz CT molecular complexity index is 815. The number of nitrogens with zero attached hydrogens (tertiary/aromatic N) is 2. The van der Waals surface area contributed by atoms with Crippen LogP contribution in [0.3, 0.4) is 0 Å². The molecule has 0 radical (unpaired) electrons. The number of rotatable bonds is 6. The fraction of sp³-hybridized carbons (Fsp3) is 0.167. The molecule has 1 N–H and O–H groups in total. The highest BCUT2D eigenvalue weighted by molar-refractivity contribution is 5.96. The molecule has 0 spiro atoms. The van der Waals surface area contributed by atoms with Crippen LogP contribution in [-0.2, 0) is 13.2 Å². The molecule has 1 amide bonds. The van der Waals surface area contributed by atoms with Crippen LogP contribution >= 0.6 is 0 Å². The number of aryl methyl sites for hydroxylation is 1. The van der Waals surface area contributed by atoms with Crippen LogP contribution in [0.1, 0.15) is 27.6 Å². The Morgan fingerprint density at radius 3 is 2.62 bits per heavy atom. The van der Waals surface area contributed by atoms with Crippen molar-refractivity contribution in [1.82, 2.24) is 15.5 Å². The van der Waals surface area contributed by atoms with Crippen LogP contribution in [0.15, 0.2) is 59.1 Å². The lowest BCUT2D eigenvalue weighted by Crippen LogP contribution is -2.23. The van der Waals surface area contributed by atoms with E-state index in [0.29, 0.717) is 29.6 Å². The van der Waals surface area contributed by atoms with Gasteiger partial charge in [0, 0.05) is 13.5 Å². The molecule has 6 nitrogen and oxygen atoms in total. The van der Waals surface area contributed by atoms with Crippen molar-refractivity contribution in [3.8, 4) is 5.75 Å². The third-order valence-electron chi connectivity index (χ3n) is 3.35. The molecule has 3 rings (SSSR count). The van der Waals surface area contributed by atoms with Gasteiger partial charge in [0.05, 0.1) is 5.56 Å². The Kier molecular flexibility index (Phi) is 4.86. The van der Waals surface area contributed by atoms with E-state index in [9.17, 15) is 4.79 Å². The van der Waals surface area contributed by atoms with Gasteiger partial charge in [-0.1, -0.05) is 47.6 Å². The fourth-order valence-corrected chi connectivity index (χ4v) is 2.20. The molecular weight excluding hydrogens is 306 g/mol. The molecule has 24 heavy (non-hydrogen) atoms. The zero-order valence-corrected chi connectivity index (χ0v) is 13.2. The second-order valence-electron chi connectivity index (χ2n) is 5.18. The minimum absolute atomic E-state index is 0.139. The largest absolute Gasteiger partial charge is 0.485 e. The Hall–Kier alpha value is -3.15. The summed E-state index contributed by atoms with van der Waals surface area (Å²) < 4.78 is 10.6. The molecule has 122 valence electrons. The molecule has 0 aliphatic carbocycles. The summed E-state index contributed by atoms with van der Waals surface area (Å²) in [6.07, 6.45) is 0. The fourth-order valence-electron chi connectivity index (χ4n) is 2.20. The molecular formula is C18H17N3O3. The predicted octanol–water partition coefficient (Wildman–Crippen LogP) is 2.89. The standard InChI is InChI=1S/C18H17N3O3/c1-13-20-17(21-24-13)12-23-16-10-6-5-9-15(16)18(22)19-11-14-7-3-2-4-8-14/h2-10H,11-12H2,1H3,(H,19,22). The quantitative estimate of drug-likeness (QED) is 0.755. The Labute approximate surface area is 139 Å². The highest BCUT2D eigenvalue weighted by atomic mass is 16.5. The van der Waals surface area contributed by atoms with Gasteiger partial charge in [-0.25, -0.2) is 0 Å². The topological polar surface area (TPSA) is 77.2 Å². The number of carbonyl (C=O) groups is 1. The molecule has 0 unspecified atom stereocenters. The van der Waals surface area contributed by atoms with Crippen molar-refractivity contribution in [2.24, 2.45) is 0 Å². The SMILES string of the molecule is Cc1nc(COc2ccccc2C(=O)NCc2ccccc2)no1. The van der Waals surface area contributed by atoms with E-state index in [4.69, 9.17) is 9.26 Å². The van der Waals surface area contributed by atoms with Gasteiger partial charge in [-0.05, 0) is 17.7 Å². The maximum absolute atomic E-state index is 12.4. The lowest BCUT2D eigenvalue weighted by Gasteiger charge is -2.10. The molecule has 2 aromatic carbocycles. The van der Waals surface area contributed by atoms with Gasteiger partial charge in [0.1, 0.15) is 5.75 Å². The summed E-state index contributed by atoms with van der Waals surface area (Å²) in [6.45, 7) is 2.31. The number of ether oxygens (including phenoxy) is 1. The van der Waals surface area contributed by atoms with E-state index in [-0.39, 0.29) is 12.5 Å². The Morgan fingerprint density at radius 1 is 1.12 bits per heavy atom. The highest BCUT2D eigenvalue weighted by Crippen LogP contribution is 2.19. The van der Waals surface area contributed by atoms with Crippen molar-refractivity contribution < 1.29 is 14.1 Å². The first-order chi connectivity index (χ1) is 11.7. The second-order valence-corrected chi connectivity index (χ2v) is 5.18. The van der Waals surface area contributed by atoms with Crippen molar-refractivity contribution in [2.45, 2.75) is 20.1 Å². The van der Waals surface area contributed by atoms with Gasteiger partial charge in [0.15, 0.2) is 6.61 Å². The number of carbonyl (C=O) groups excluding carboxylic acids is 1. The maximum Gasteiger partial charge on any atom is 0.255 e. The van der Waals surface area contributed by atoms with Crippen molar-refractivity contribution >= 4 is 5.91 Å². The number of hydrogen-bond donors (Lipinski definition) is 1. The summed E-state index contributed by atoms with van der Waals surface area (Å²) in [5.74, 6) is 1.19. The Balaban J connectivity index is 1.65. The average Bonchev–Trinajstić information content (AvgIpc) is 3.04. The van der Waals surface area contributed by atoms with Gasteiger partial charge in [-0.2, -0.15) is 4.98 Å². The molecule has 0 saturated heterocycles. The zero-order valence-electron chi connectivity index (χ0n) is 13.2. The van der Waals surface area contributed by atoms with Crippen molar-refractivity contribution in [2.75, 3.05) is 0 Å². The van der Waals surface area contributed by atoms with E-state index >= 15 is 0 Å². The van der Waals surface area contributed by atoms with Crippen LogP contribution in [-0.4, -0.2) is 16.0 Å².